The maximum absolute atomic E-state index is 6.64. The van der Waals surface area contributed by atoms with Crippen LogP contribution in [0.5, 0.6) is 0 Å². The van der Waals surface area contributed by atoms with E-state index < -0.39 is 0 Å². The van der Waals surface area contributed by atoms with Crippen LogP contribution in [0.25, 0.3) is 72.0 Å². The van der Waals surface area contributed by atoms with E-state index in [4.69, 9.17) is 23.8 Å². The van der Waals surface area contributed by atoms with Gasteiger partial charge in [0.25, 0.3) is 0 Å². The number of nitrogens with zero attached hydrogens (tertiary/aromatic N) is 3. The lowest BCUT2D eigenvalue weighted by Gasteiger charge is -2.15. The molecule has 4 aromatic carbocycles. The molecule has 0 spiro atoms. The molecule has 0 radical (unpaired) electrons. The molecule has 2 aliphatic carbocycles. The van der Waals surface area contributed by atoms with Crippen molar-refractivity contribution in [1.29, 1.82) is 0 Å². The lowest BCUT2D eigenvalue weighted by molar-refractivity contribution is 0.668. The highest BCUT2D eigenvalue weighted by Gasteiger charge is 2.22. The molecule has 210 valence electrons. The molecule has 7 aromatic rings. The van der Waals surface area contributed by atoms with Gasteiger partial charge in [0, 0.05) is 44.2 Å². The lowest BCUT2D eigenvalue weighted by atomic mass is 9.98. The topological polar surface area (TPSA) is 65.0 Å². The van der Waals surface area contributed by atoms with Gasteiger partial charge in [0.05, 0.1) is 0 Å². The minimum atomic E-state index is 0.106. The summed E-state index contributed by atoms with van der Waals surface area (Å²) < 4.78 is 12.7. The van der Waals surface area contributed by atoms with Gasteiger partial charge >= 0.3 is 0 Å². The Bertz CT molecular complexity index is 2380. The van der Waals surface area contributed by atoms with E-state index in [2.05, 4.69) is 91.1 Å². The van der Waals surface area contributed by atoms with Crippen molar-refractivity contribution in [2.75, 3.05) is 0 Å². The van der Waals surface area contributed by atoms with Crippen LogP contribution in [0.2, 0.25) is 0 Å². The smallest absolute Gasteiger partial charge is 0.164 e. The second-order valence-electron chi connectivity index (χ2n) is 11.4. The summed E-state index contributed by atoms with van der Waals surface area (Å²) in [7, 11) is 0. The first-order chi connectivity index (χ1) is 21.8. The van der Waals surface area contributed by atoms with Gasteiger partial charge in [0.1, 0.15) is 28.2 Å². The van der Waals surface area contributed by atoms with E-state index in [1.807, 2.05) is 30.3 Å². The van der Waals surface area contributed by atoms with E-state index in [0.717, 1.165) is 97.1 Å². The molecule has 0 amide bonds. The van der Waals surface area contributed by atoms with Crippen molar-refractivity contribution < 1.29 is 8.83 Å². The number of fused-ring (bicyclic) bond motifs is 6. The first-order valence-corrected chi connectivity index (χ1v) is 15.1. The maximum Gasteiger partial charge on any atom is 0.164 e. The van der Waals surface area contributed by atoms with Crippen LogP contribution in [0.1, 0.15) is 36.8 Å². The van der Waals surface area contributed by atoms with E-state index >= 15 is 0 Å². The summed E-state index contributed by atoms with van der Waals surface area (Å²) in [5.41, 5.74) is 7.51. The number of aromatic nitrogens is 3. The zero-order valence-electron chi connectivity index (χ0n) is 23.9. The number of hydrogen-bond donors (Lipinski definition) is 0. The highest BCUT2D eigenvalue weighted by Crippen LogP contribution is 2.41. The van der Waals surface area contributed by atoms with Crippen LogP contribution in [-0.4, -0.2) is 15.0 Å². The number of benzene rings is 4. The van der Waals surface area contributed by atoms with Crippen molar-refractivity contribution >= 4 is 49.5 Å². The Kier molecular flexibility index (Phi) is 5.69. The molecule has 3 aromatic heterocycles. The molecular formula is C39H27N3O2. The predicted octanol–water partition coefficient (Wildman–Crippen LogP) is 10.3. The van der Waals surface area contributed by atoms with Crippen LogP contribution in [0.15, 0.2) is 130 Å². The van der Waals surface area contributed by atoms with Crippen molar-refractivity contribution in [2.24, 2.45) is 0 Å². The maximum atomic E-state index is 6.64. The summed E-state index contributed by atoms with van der Waals surface area (Å²) in [5, 5.41) is 4.24. The van der Waals surface area contributed by atoms with E-state index in [9.17, 15) is 0 Å². The third kappa shape index (κ3) is 4.04. The standard InChI is InChI=1S/C39H27N3O2/c1-3-11-24(12-4-1)37-40-38(25-13-5-2-6-14-25)42-39(41-37)30-18-10-20-34-35(30)29-17-9-16-27(36(29)44-34)26-21-22-33-31(23-26)28-15-7-8-19-32(28)43-33/h1,3-5,7-11,13-24H,2,6,12H2. The van der Waals surface area contributed by atoms with Gasteiger partial charge < -0.3 is 8.83 Å². The van der Waals surface area contributed by atoms with E-state index in [0.29, 0.717) is 5.82 Å². The number of hydrogen-bond acceptors (Lipinski definition) is 5. The molecule has 0 saturated heterocycles. The molecule has 5 heteroatoms. The summed E-state index contributed by atoms with van der Waals surface area (Å²) in [6, 6.07) is 27.0. The fourth-order valence-corrected chi connectivity index (χ4v) is 6.51. The molecule has 9 rings (SSSR count). The van der Waals surface area contributed by atoms with Crippen molar-refractivity contribution in [2.45, 2.75) is 25.2 Å². The average Bonchev–Trinajstić information content (AvgIpc) is 3.67. The van der Waals surface area contributed by atoms with Crippen LogP contribution >= 0.6 is 0 Å². The summed E-state index contributed by atoms with van der Waals surface area (Å²) >= 11 is 0. The summed E-state index contributed by atoms with van der Waals surface area (Å²) in [6.45, 7) is 0. The highest BCUT2D eigenvalue weighted by atomic mass is 16.3. The average molecular weight is 570 g/mol. The lowest BCUT2D eigenvalue weighted by Crippen LogP contribution is -2.09. The first-order valence-electron chi connectivity index (χ1n) is 15.1. The van der Waals surface area contributed by atoms with Gasteiger partial charge in [0.2, 0.25) is 0 Å². The minimum absolute atomic E-state index is 0.106. The summed E-state index contributed by atoms with van der Waals surface area (Å²) in [4.78, 5) is 15.1. The number of rotatable bonds is 4. The molecule has 5 nitrogen and oxygen atoms in total. The summed E-state index contributed by atoms with van der Waals surface area (Å²) in [5.74, 6) is 2.28. The largest absolute Gasteiger partial charge is 0.456 e. The van der Waals surface area contributed by atoms with Crippen LogP contribution in [0.4, 0.5) is 0 Å². The Morgan fingerprint density at radius 2 is 1.48 bits per heavy atom. The van der Waals surface area contributed by atoms with Crippen molar-refractivity contribution in [3.05, 3.63) is 133 Å². The van der Waals surface area contributed by atoms with Gasteiger partial charge in [-0.3, -0.25) is 0 Å². The molecule has 0 fully saturated rings. The van der Waals surface area contributed by atoms with Gasteiger partial charge in [-0.2, -0.15) is 0 Å². The van der Waals surface area contributed by atoms with Gasteiger partial charge in [-0.25, -0.2) is 15.0 Å². The predicted molar refractivity (Wildman–Crippen MR) is 177 cm³/mol. The Labute approximate surface area is 253 Å². The zero-order valence-corrected chi connectivity index (χ0v) is 23.9. The van der Waals surface area contributed by atoms with Gasteiger partial charge in [-0.1, -0.05) is 97.1 Å². The number of allylic oxidation sites excluding steroid dienone is 8. The number of furan rings is 2. The van der Waals surface area contributed by atoms with E-state index in [-0.39, 0.29) is 5.92 Å². The third-order valence-electron chi connectivity index (χ3n) is 8.67. The Hall–Kier alpha value is -5.55. The van der Waals surface area contributed by atoms with Crippen molar-refractivity contribution in [3.8, 4) is 22.5 Å². The molecule has 1 atom stereocenters. The van der Waals surface area contributed by atoms with Crippen molar-refractivity contribution in [3.63, 3.8) is 0 Å². The molecular weight excluding hydrogens is 542 g/mol. The highest BCUT2D eigenvalue weighted by molar-refractivity contribution is 6.15. The Morgan fingerprint density at radius 3 is 2.39 bits per heavy atom. The first kappa shape index (κ1) is 25.0. The van der Waals surface area contributed by atoms with E-state index in [1.54, 1.807) is 0 Å². The Morgan fingerprint density at radius 1 is 0.636 bits per heavy atom. The quantitative estimate of drug-likeness (QED) is 0.211. The molecule has 3 heterocycles. The zero-order chi connectivity index (χ0) is 29.0. The summed E-state index contributed by atoms with van der Waals surface area (Å²) in [6.07, 6.45) is 17.9. The van der Waals surface area contributed by atoms with Crippen LogP contribution < -0.4 is 0 Å². The van der Waals surface area contributed by atoms with Crippen molar-refractivity contribution in [1.82, 2.24) is 15.0 Å². The second-order valence-corrected chi connectivity index (χ2v) is 11.4. The third-order valence-corrected chi connectivity index (χ3v) is 8.67. The molecule has 44 heavy (non-hydrogen) atoms. The SMILES string of the molecule is C1=CCC(c2nc(C3=CCCC=C3)nc(-c3cccc4oc5c(-c6ccc7oc8ccccc8c7c6)cccc5c34)n2)C=C1. The van der Waals surface area contributed by atoms with Crippen LogP contribution in [-0.2, 0) is 0 Å². The second kappa shape index (κ2) is 10.0. The fraction of sp³-hybridized carbons (Fsp3) is 0.103. The molecule has 0 saturated carbocycles. The monoisotopic (exact) mass is 569 g/mol. The van der Waals surface area contributed by atoms with Gasteiger partial charge in [-0.05, 0) is 49.1 Å². The van der Waals surface area contributed by atoms with Crippen LogP contribution in [0.3, 0.4) is 0 Å². The fourth-order valence-electron chi connectivity index (χ4n) is 6.51. The van der Waals surface area contributed by atoms with Gasteiger partial charge in [0.15, 0.2) is 11.6 Å². The molecule has 0 N–H and O–H groups in total. The minimum Gasteiger partial charge on any atom is -0.456 e. The van der Waals surface area contributed by atoms with Crippen LogP contribution in [0, 0.1) is 0 Å². The molecule has 2 aliphatic rings. The van der Waals surface area contributed by atoms with Gasteiger partial charge in [-0.15, -0.1) is 0 Å². The normalized spacial score (nSPS) is 16.5. The molecule has 0 bridgehead atoms. The molecule has 0 aliphatic heterocycles. The number of para-hydroxylation sites is 2. The molecule has 1 unspecified atom stereocenters. The Balaban J connectivity index is 1.24. The van der Waals surface area contributed by atoms with E-state index in [1.165, 1.54) is 0 Å².